The van der Waals surface area contributed by atoms with Gasteiger partial charge in [0.1, 0.15) is 5.75 Å². The maximum absolute atomic E-state index is 12.1. The largest absolute Gasteiger partial charge is 0.455 e. The lowest BCUT2D eigenvalue weighted by atomic mass is 10.0. The molecule has 27 heavy (non-hydrogen) atoms. The molecule has 5 nitrogen and oxygen atoms in total. The van der Waals surface area contributed by atoms with E-state index < -0.39 is 25.1 Å². The van der Waals surface area contributed by atoms with Crippen molar-refractivity contribution in [2.75, 3.05) is 11.9 Å². The van der Waals surface area contributed by atoms with Crippen LogP contribution in [-0.2, 0) is 33.6 Å². The Hall–Kier alpha value is -2.96. The molecule has 0 atom stereocenters. The summed E-state index contributed by atoms with van der Waals surface area (Å²) >= 11 is 0. The van der Waals surface area contributed by atoms with Gasteiger partial charge in [-0.15, -0.1) is 0 Å². The molecule has 3 rings (SSSR count). The van der Waals surface area contributed by atoms with Gasteiger partial charge in [-0.2, -0.15) is 8.78 Å². The quantitative estimate of drug-likeness (QED) is 0.753. The number of benzene rings is 2. The number of fused-ring (bicyclic) bond motifs is 1. The van der Waals surface area contributed by atoms with Crippen LogP contribution in [0.4, 0.5) is 14.5 Å². The lowest BCUT2D eigenvalue weighted by molar-refractivity contribution is -0.146. The van der Waals surface area contributed by atoms with Crippen LogP contribution in [0.5, 0.6) is 5.75 Å². The van der Waals surface area contributed by atoms with Gasteiger partial charge in [-0.1, -0.05) is 18.2 Å². The number of nitrogens with one attached hydrogen (secondary N) is 1. The maximum Gasteiger partial charge on any atom is 0.387 e. The minimum atomic E-state index is -2.91. The lowest BCUT2D eigenvalue weighted by Crippen LogP contribution is -2.21. The van der Waals surface area contributed by atoms with E-state index in [1.54, 1.807) is 0 Å². The number of rotatable bonds is 7. The molecule has 0 heterocycles. The molecule has 0 saturated carbocycles. The normalized spacial score (nSPS) is 12.6. The second-order valence-corrected chi connectivity index (χ2v) is 6.25. The summed E-state index contributed by atoms with van der Waals surface area (Å²) in [5, 5.41) is 2.52. The Morgan fingerprint density at radius 3 is 2.52 bits per heavy atom. The molecule has 1 amide bonds. The Morgan fingerprint density at radius 1 is 1.04 bits per heavy atom. The molecular formula is C20H19F2NO4. The van der Waals surface area contributed by atoms with Crippen molar-refractivity contribution in [2.24, 2.45) is 0 Å². The Labute approximate surface area is 155 Å². The molecule has 1 aliphatic rings. The van der Waals surface area contributed by atoms with E-state index in [2.05, 4.69) is 10.1 Å². The summed E-state index contributed by atoms with van der Waals surface area (Å²) in [5.41, 5.74) is 3.86. The number of amides is 1. The molecule has 0 fully saturated rings. The fraction of sp³-hybridized carbons (Fsp3) is 0.300. The number of aryl methyl sites for hydroxylation is 2. The number of esters is 1. The van der Waals surface area contributed by atoms with Crippen LogP contribution in [0.25, 0.3) is 0 Å². The van der Waals surface area contributed by atoms with Gasteiger partial charge in [0, 0.05) is 5.69 Å². The molecule has 7 heteroatoms. The number of hydrogen-bond acceptors (Lipinski definition) is 4. The van der Waals surface area contributed by atoms with E-state index >= 15 is 0 Å². The van der Waals surface area contributed by atoms with Crippen molar-refractivity contribution >= 4 is 17.6 Å². The summed E-state index contributed by atoms with van der Waals surface area (Å²) in [5.74, 6) is -1.01. The highest BCUT2D eigenvalue weighted by molar-refractivity contribution is 5.92. The molecule has 0 spiro atoms. The minimum Gasteiger partial charge on any atom is -0.455 e. The molecule has 1 aliphatic carbocycles. The molecule has 0 saturated heterocycles. The molecule has 0 unspecified atom stereocenters. The molecule has 2 aromatic rings. The summed E-state index contributed by atoms with van der Waals surface area (Å²) in [6, 6.07) is 11.4. The van der Waals surface area contributed by atoms with Crippen molar-refractivity contribution in [2.45, 2.75) is 32.3 Å². The lowest BCUT2D eigenvalue weighted by Gasteiger charge is -2.09. The molecule has 0 aromatic heterocycles. The molecule has 1 N–H and O–H groups in total. The standard InChI is InChI=1S/C20H19F2NO4/c21-20(22)27-17-8-6-16(7-9-17)23-18(24)12-26-19(25)11-13-4-5-14-2-1-3-15(14)10-13/h4-10,20H,1-3,11-12H2,(H,23,24). The third-order valence-electron chi connectivity index (χ3n) is 4.24. The van der Waals surface area contributed by atoms with Crippen molar-refractivity contribution in [3.63, 3.8) is 0 Å². The van der Waals surface area contributed by atoms with E-state index in [0.29, 0.717) is 5.69 Å². The number of alkyl halides is 2. The molecule has 0 bridgehead atoms. The number of ether oxygens (including phenoxy) is 2. The van der Waals surface area contributed by atoms with Gasteiger partial charge < -0.3 is 14.8 Å². The second kappa shape index (κ2) is 8.62. The molecule has 2 aromatic carbocycles. The molecular weight excluding hydrogens is 356 g/mol. The topological polar surface area (TPSA) is 64.6 Å². The predicted molar refractivity (Wildman–Crippen MR) is 94.8 cm³/mol. The van der Waals surface area contributed by atoms with Gasteiger partial charge >= 0.3 is 12.6 Å². The summed E-state index contributed by atoms with van der Waals surface area (Å²) in [6.07, 6.45) is 3.36. The fourth-order valence-corrected chi connectivity index (χ4v) is 3.02. The van der Waals surface area contributed by atoms with E-state index in [0.717, 1.165) is 24.8 Å². The highest BCUT2D eigenvalue weighted by atomic mass is 19.3. The van der Waals surface area contributed by atoms with Crippen LogP contribution < -0.4 is 10.1 Å². The van der Waals surface area contributed by atoms with E-state index in [1.165, 1.54) is 35.4 Å². The SMILES string of the molecule is O=C(COC(=O)Cc1ccc2c(c1)CCC2)Nc1ccc(OC(F)F)cc1. The van der Waals surface area contributed by atoms with Crippen molar-refractivity contribution in [1.29, 1.82) is 0 Å². The van der Waals surface area contributed by atoms with E-state index in [1.807, 2.05) is 18.2 Å². The summed E-state index contributed by atoms with van der Waals surface area (Å²) < 4.78 is 33.4. The third kappa shape index (κ3) is 5.51. The van der Waals surface area contributed by atoms with Gasteiger partial charge in [0.25, 0.3) is 5.91 Å². The van der Waals surface area contributed by atoms with Crippen molar-refractivity contribution in [1.82, 2.24) is 0 Å². The van der Waals surface area contributed by atoms with Crippen LogP contribution in [0.3, 0.4) is 0 Å². The zero-order valence-electron chi connectivity index (χ0n) is 14.5. The molecule has 0 radical (unpaired) electrons. The first-order valence-electron chi connectivity index (χ1n) is 8.60. The number of carbonyl (C=O) groups is 2. The number of hydrogen-bond donors (Lipinski definition) is 1. The first-order valence-corrected chi connectivity index (χ1v) is 8.60. The van der Waals surface area contributed by atoms with Gasteiger partial charge in [0.15, 0.2) is 6.61 Å². The Balaban J connectivity index is 1.44. The van der Waals surface area contributed by atoms with Crippen molar-refractivity contribution < 1.29 is 27.8 Å². The van der Waals surface area contributed by atoms with Gasteiger partial charge in [0.2, 0.25) is 0 Å². The van der Waals surface area contributed by atoms with Gasteiger partial charge in [-0.3, -0.25) is 9.59 Å². The van der Waals surface area contributed by atoms with E-state index in [-0.39, 0.29) is 12.2 Å². The predicted octanol–water partition coefficient (Wildman–Crippen LogP) is 3.50. The van der Waals surface area contributed by atoms with Gasteiger partial charge in [0.05, 0.1) is 6.42 Å². The number of halogens is 2. The summed E-state index contributed by atoms with van der Waals surface area (Å²) in [6.45, 7) is -3.32. The third-order valence-corrected chi connectivity index (χ3v) is 4.24. The van der Waals surface area contributed by atoms with Crippen LogP contribution in [0, 0.1) is 0 Å². The fourth-order valence-electron chi connectivity index (χ4n) is 3.02. The Bertz CT molecular complexity index is 821. The second-order valence-electron chi connectivity index (χ2n) is 6.25. The Morgan fingerprint density at radius 2 is 1.78 bits per heavy atom. The average molecular weight is 375 g/mol. The van der Waals surface area contributed by atoms with Crippen molar-refractivity contribution in [3.8, 4) is 5.75 Å². The molecule has 0 aliphatic heterocycles. The summed E-state index contributed by atoms with van der Waals surface area (Å²) in [4.78, 5) is 23.8. The van der Waals surface area contributed by atoms with E-state index in [4.69, 9.17) is 4.74 Å². The highest BCUT2D eigenvalue weighted by Gasteiger charge is 2.14. The van der Waals surface area contributed by atoms with Gasteiger partial charge in [-0.05, 0) is 60.2 Å². The van der Waals surface area contributed by atoms with E-state index in [9.17, 15) is 18.4 Å². The maximum atomic E-state index is 12.1. The first kappa shape index (κ1) is 18.8. The zero-order chi connectivity index (χ0) is 19.2. The monoisotopic (exact) mass is 375 g/mol. The molecule has 142 valence electrons. The van der Waals surface area contributed by atoms with Crippen LogP contribution in [0.2, 0.25) is 0 Å². The highest BCUT2D eigenvalue weighted by Crippen LogP contribution is 2.23. The number of anilines is 1. The van der Waals surface area contributed by atoms with Crippen LogP contribution >= 0.6 is 0 Å². The first-order chi connectivity index (χ1) is 13.0. The smallest absolute Gasteiger partial charge is 0.387 e. The zero-order valence-corrected chi connectivity index (χ0v) is 14.5. The minimum absolute atomic E-state index is 0.0104. The summed E-state index contributed by atoms with van der Waals surface area (Å²) in [7, 11) is 0. The average Bonchev–Trinajstić information content (AvgIpc) is 3.09. The number of carbonyl (C=O) groups excluding carboxylic acids is 2. The van der Waals surface area contributed by atoms with Crippen molar-refractivity contribution in [3.05, 3.63) is 59.2 Å². The van der Waals surface area contributed by atoms with Crippen LogP contribution in [0.1, 0.15) is 23.1 Å². The van der Waals surface area contributed by atoms with Crippen LogP contribution in [-0.4, -0.2) is 25.1 Å². The Kier molecular flexibility index (Phi) is 6.01. The van der Waals surface area contributed by atoms with Gasteiger partial charge in [-0.25, -0.2) is 0 Å². The van der Waals surface area contributed by atoms with Crippen LogP contribution in [0.15, 0.2) is 42.5 Å².